The second-order valence-corrected chi connectivity index (χ2v) is 5.49. The Morgan fingerprint density at radius 2 is 1.78 bits per heavy atom. The topological polar surface area (TPSA) is 58.2 Å². The van der Waals surface area contributed by atoms with Crippen LogP contribution in [-0.4, -0.2) is 18.4 Å². The molecule has 128 valence electrons. The molecule has 0 saturated carbocycles. The van der Waals surface area contributed by atoms with E-state index in [1.807, 2.05) is 6.92 Å². The van der Waals surface area contributed by atoms with Crippen LogP contribution >= 0.6 is 0 Å². The van der Waals surface area contributed by atoms with Crippen LogP contribution in [0, 0.1) is 0 Å². The molecule has 0 aliphatic rings. The zero-order valence-corrected chi connectivity index (χ0v) is 13.4. The van der Waals surface area contributed by atoms with Crippen LogP contribution in [0.3, 0.4) is 0 Å². The second-order valence-electron chi connectivity index (χ2n) is 5.49. The minimum atomic E-state index is -4.52. The van der Waals surface area contributed by atoms with Crippen LogP contribution < -0.4 is 10.6 Å². The highest BCUT2D eigenvalue weighted by atomic mass is 19.4. The molecule has 1 aromatic carbocycles. The third-order valence-electron chi connectivity index (χ3n) is 3.46. The number of hydrogen-bond donors (Lipinski definition) is 2. The number of carbonyl (C=O) groups excluding carboxylic acids is 2. The Bertz CT molecular complexity index is 573. The van der Waals surface area contributed by atoms with Gasteiger partial charge in [-0.3, -0.25) is 9.59 Å². The van der Waals surface area contributed by atoms with E-state index in [4.69, 9.17) is 0 Å². The number of rotatable bonds is 6. The van der Waals surface area contributed by atoms with Crippen molar-refractivity contribution in [1.29, 1.82) is 0 Å². The summed E-state index contributed by atoms with van der Waals surface area (Å²) in [6.45, 7) is 4.95. The Morgan fingerprint density at radius 3 is 2.30 bits per heavy atom. The van der Waals surface area contributed by atoms with Gasteiger partial charge in [0.2, 0.25) is 11.8 Å². The molecule has 2 N–H and O–H groups in total. The lowest BCUT2D eigenvalue weighted by molar-refractivity contribution is -0.138. The molecule has 0 aliphatic heterocycles. The van der Waals surface area contributed by atoms with Gasteiger partial charge < -0.3 is 10.6 Å². The van der Waals surface area contributed by atoms with E-state index in [1.54, 1.807) is 0 Å². The molecule has 1 rings (SSSR count). The second kappa shape index (κ2) is 7.48. The van der Waals surface area contributed by atoms with E-state index in [9.17, 15) is 22.8 Å². The highest BCUT2D eigenvalue weighted by Gasteiger charge is 2.38. The van der Waals surface area contributed by atoms with Crippen LogP contribution in [0.5, 0.6) is 0 Å². The van der Waals surface area contributed by atoms with Gasteiger partial charge in [0.05, 0.1) is 5.56 Å². The lowest BCUT2D eigenvalue weighted by Crippen LogP contribution is -2.54. The number of amides is 2. The van der Waals surface area contributed by atoms with Crippen LogP contribution in [0.25, 0.3) is 0 Å². The van der Waals surface area contributed by atoms with E-state index in [0.29, 0.717) is 6.54 Å². The van der Waals surface area contributed by atoms with Gasteiger partial charge in [-0.1, -0.05) is 25.5 Å². The monoisotopic (exact) mass is 330 g/mol. The minimum Gasteiger partial charge on any atom is -0.354 e. The fraction of sp³-hybridized carbons (Fsp3) is 0.500. The Hall–Kier alpha value is -2.05. The van der Waals surface area contributed by atoms with Crippen LogP contribution in [-0.2, 0) is 21.3 Å². The maximum atomic E-state index is 12.9. The van der Waals surface area contributed by atoms with Crippen molar-refractivity contribution in [3.05, 3.63) is 35.4 Å². The van der Waals surface area contributed by atoms with E-state index in [1.165, 1.54) is 26.0 Å². The maximum absolute atomic E-state index is 12.9. The predicted molar refractivity (Wildman–Crippen MR) is 80.5 cm³/mol. The van der Waals surface area contributed by atoms with Crippen molar-refractivity contribution < 1.29 is 22.8 Å². The lowest BCUT2D eigenvalue weighted by Gasteiger charge is -2.30. The molecule has 1 aromatic rings. The fourth-order valence-electron chi connectivity index (χ4n) is 2.17. The molecule has 23 heavy (non-hydrogen) atoms. The summed E-state index contributed by atoms with van der Waals surface area (Å²) < 4.78 is 38.6. The van der Waals surface area contributed by atoms with E-state index in [0.717, 1.165) is 25.0 Å². The molecule has 0 heterocycles. The molecule has 2 amide bonds. The average Bonchev–Trinajstić information content (AvgIpc) is 2.45. The van der Waals surface area contributed by atoms with Crippen molar-refractivity contribution in [3.63, 3.8) is 0 Å². The molecule has 0 bridgehead atoms. The van der Waals surface area contributed by atoms with E-state index in [-0.39, 0.29) is 5.56 Å². The number of hydrogen-bond acceptors (Lipinski definition) is 2. The first-order valence-electron chi connectivity index (χ1n) is 7.36. The summed E-state index contributed by atoms with van der Waals surface area (Å²) in [5, 5.41) is 5.11. The number of unbranched alkanes of at least 4 members (excludes halogenated alkanes) is 1. The van der Waals surface area contributed by atoms with Gasteiger partial charge in [-0.25, -0.2) is 0 Å². The third kappa shape index (κ3) is 4.97. The molecule has 4 nitrogen and oxygen atoms in total. The molecule has 0 aliphatic carbocycles. The SMILES string of the molecule is CCCCNC(=O)[C@](C)(NC(C)=O)c1cccc(C(F)(F)F)c1. The summed E-state index contributed by atoms with van der Waals surface area (Å²) in [5.41, 5.74) is -2.36. The quantitative estimate of drug-likeness (QED) is 0.788. The summed E-state index contributed by atoms with van der Waals surface area (Å²) in [6, 6.07) is 4.42. The van der Waals surface area contributed by atoms with Gasteiger partial charge in [0.25, 0.3) is 0 Å². The van der Waals surface area contributed by atoms with Crippen molar-refractivity contribution in [3.8, 4) is 0 Å². The first-order valence-corrected chi connectivity index (χ1v) is 7.36. The molecule has 0 saturated heterocycles. The van der Waals surface area contributed by atoms with Gasteiger partial charge in [-0.15, -0.1) is 0 Å². The number of halogens is 3. The zero-order chi connectivity index (χ0) is 17.7. The molecule has 0 spiro atoms. The van der Waals surface area contributed by atoms with E-state index in [2.05, 4.69) is 10.6 Å². The Kier molecular flexibility index (Phi) is 6.18. The Morgan fingerprint density at radius 1 is 1.17 bits per heavy atom. The van der Waals surface area contributed by atoms with Crippen LogP contribution in [0.2, 0.25) is 0 Å². The highest BCUT2D eigenvalue weighted by Crippen LogP contribution is 2.32. The molecular weight excluding hydrogens is 309 g/mol. The first-order chi connectivity index (χ1) is 10.6. The summed E-state index contributed by atoms with van der Waals surface area (Å²) in [4.78, 5) is 23.9. The smallest absolute Gasteiger partial charge is 0.354 e. The van der Waals surface area contributed by atoms with Crippen LogP contribution in [0.15, 0.2) is 24.3 Å². The molecule has 0 radical (unpaired) electrons. The van der Waals surface area contributed by atoms with E-state index < -0.39 is 29.1 Å². The fourth-order valence-corrected chi connectivity index (χ4v) is 2.17. The molecular formula is C16H21F3N2O2. The van der Waals surface area contributed by atoms with Gasteiger partial charge in [-0.2, -0.15) is 13.2 Å². The lowest BCUT2D eigenvalue weighted by atomic mass is 9.89. The number of carbonyl (C=O) groups is 2. The van der Waals surface area contributed by atoms with Gasteiger partial charge in [0.1, 0.15) is 5.54 Å². The summed E-state index contributed by atoms with van der Waals surface area (Å²) in [6.07, 6.45) is -2.92. The predicted octanol–water partition coefficient (Wildman–Crippen LogP) is 2.97. The van der Waals surface area contributed by atoms with Gasteiger partial charge in [0.15, 0.2) is 0 Å². The standard InChI is InChI=1S/C16H21F3N2O2/c1-4-5-9-20-14(23)15(3,21-11(2)22)12-7-6-8-13(10-12)16(17,18)19/h6-8,10H,4-5,9H2,1-3H3,(H,20,23)(H,21,22)/t15-/m1/s1. The normalized spacial score (nSPS) is 14.0. The van der Waals surface area contributed by atoms with Crippen molar-refractivity contribution in [2.24, 2.45) is 0 Å². The molecule has 1 atom stereocenters. The summed E-state index contributed by atoms with van der Waals surface area (Å²) in [7, 11) is 0. The maximum Gasteiger partial charge on any atom is 0.416 e. The van der Waals surface area contributed by atoms with Crippen molar-refractivity contribution in [1.82, 2.24) is 10.6 Å². The van der Waals surface area contributed by atoms with Crippen molar-refractivity contribution in [2.45, 2.75) is 45.3 Å². The van der Waals surface area contributed by atoms with Gasteiger partial charge in [0, 0.05) is 13.5 Å². The highest BCUT2D eigenvalue weighted by molar-refractivity contribution is 5.91. The Labute approximate surface area is 133 Å². The molecule has 0 unspecified atom stereocenters. The first kappa shape index (κ1) is 19.0. The molecule has 0 aromatic heterocycles. The number of alkyl halides is 3. The van der Waals surface area contributed by atoms with Crippen molar-refractivity contribution in [2.75, 3.05) is 6.54 Å². The van der Waals surface area contributed by atoms with Gasteiger partial charge in [-0.05, 0) is 31.0 Å². The molecule has 0 fully saturated rings. The minimum absolute atomic E-state index is 0.0801. The summed E-state index contributed by atoms with van der Waals surface area (Å²) >= 11 is 0. The number of benzene rings is 1. The summed E-state index contributed by atoms with van der Waals surface area (Å²) in [5.74, 6) is -1.05. The zero-order valence-electron chi connectivity index (χ0n) is 13.4. The largest absolute Gasteiger partial charge is 0.416 e. The average molecular weight is 330 g/mol. The third-order valence-corrected chi connectivity index (χ3v) is 3.46. The van der Waals surface area contributed by atoms with Crippen LogP contribution in [0.1, 0.15) is 44.7 Å². The van der Waals surface area contributed by atoms with E-state index >= 15 is 0 Å². The Balaban J connectivity index is 3.20. The number of nitrogens with one attached hydrogen (secondary N) is 2. The molecule has 7 heteroatoms. The van der Waals surface area contributed by atoms with Crippen molar-refractivity contribution >= 4 is 11.8 Å². The van der Waals surface area contributed by atoms with Crippen LogP contribution in [0.4, 0.5) is 13.2 Å². The van der Waals surface area contributed by atoms with Gasteiger partial charge >= 0.3 is 6.18 Å².